The fourth-order valence-corrected chi connectivity index (χ4v) is 2.57. The molecule has 110 valence electrons. The van der Waals surface area contributed by atoms with Crippen molar-refractivity contribution in [3.05, 3.63) is 57.5 Å². The molecular weight excluding hydrogens is 298 g/mol. The molecule has 6 nitrogen and oxygen atoms in total. The normalized spacial score (nSPS) is 11.6. The average Bonchev–Trinajstić information content (AvgIpc) is 2.81. The number of benzene rings is 1. The van der Waals surface area contributed by atoms with Crippen LogP contribution in [0.1, 0.15) is 22.7 Å². The van der Waals surface area contributed by atoms with E-state index < -0.39 is 17.4 Å². The first-order chi connectivity index (χ1) is 10.5. The first-order valence-electron chi connectivity index (χ1n) is 6.46. The molecule has 0 aliphatic rings. The number of aromatic nitrogens is 2. The third-order valence-electron chi connectivity index (χ3n) is 3.42. The van der Waals surface area contributed by atoms with E-state index in [0.717, 1.165) is 4.68 Å². The number of aryl methyl sites for hydroxylation is 1. The maximum atomic E-state index is 12.5. The van der Waals surface area contributed by atoms with Crippen LogP contribution in [0.4, 0.5) is 0 Å². The lowest BCUT2D eigenvalue weighted by Crippen LogP contribution is -2.32. The Hall–Kier alpha value is -2.90. The quantitative estimate of drug-likeness (QED) is 0.832. The molecule has 0 saturated heterocycles. The van der Waals surface area contributed by atoms with Crippen molar-refractivity contribution in [3.8, 4) is 12.1 Å². The van der Waals surface area contributed by atoms with Crippen LogP contribution < -0.4 is 11.3 Å². The van der Waals surface area contributed by atoms with E-state index in [1.807, 2.05) is 18.2 Å². The van der Waals surface area contributed by atoms with Gasteiger partial charge in [-0.3, -0.25) is 9.89 Å². The van der Waals surface area contributed by atoms with Crippen molar-refractivity contribution in [1.82, 2.24) is 9.78 Å². The van der Waals surface area contributed by atoms with E-state index in [-0.39, 0.29) is 5.11 Å². The fourth-order valence-electron chi connectivity index (χ4n) is 2.45. The highest BCUT2D eigenvalue weighted by atomic mass is 32.1. The molecule has 2 rings (SSSR count). The van der Waals surface area contributed by atoms with Crippen molar-refractivity contribution in [3.63, 3.8) is 0 Å². The summed E-state index contributed by atoms with van der Waals surface area (Å²) in [5.74, 6) is -1.67. The molecule has 0 spiro atoms. The summed E-state index contributed by atoms with van der Waals surface area (Å²) in [7, 11) is 0. The average molecular weight is 311 g/mol. The Kier molecular flexibility index (Phi) is 4.40. The minimum absolute atomic E-state index is 0.114. The molecule has 0 radical (unpaired) electrons. The summed E-state index contributed by atoms with van der Waals surface area (Å²) in [5.41, 5.74) is 6.64. The van der Waals surface area contributed by atoms with Crippen molar-refractivity contribution < 1.29 is 0 Å². The van der Waals surface area contributed by atoms with E-state index in [1.165, 1.54) is 0 Å². The summed E-state index contributed by atoms with van der Waals surface area (Å²) in [6, 6.07) is 12.9. The summed E-state index contributed by atoms with van der Waals surface area (Å²) < 4.78 is 1.04. The van der Waals surface area contributed by atoms with Crippen LogP contribution >= 0.6 is 12.2 Å². The van der Waals surface area contributed by atoms with Crippen LogP contribution in [0.25, 0.3) is 0 Å². The van der Waals surface area contributed by atoms with E-state index in [4.69, 9.17) is 18.0 Å². The molecule has 0 aliphatic heterocycles. The van der Waals surface area contributed by atoms with Crippen LogP contribution in [0, 0.1) is 35.5 Å². The van der Waals surface area contributed by atoms with Crippen molar-refractivity contribution in [2.24, 2.45) is 11.7 Å². The number of rotatable bonds is 3. The SMILES string of the molecule is Cc1[nH]n(C(N)=S)c(=O)c1[C@@H](c1ccccc1)C(C#N)C#N. The van der Waals surface area contributed by atoms with Gasteiger partial charge in [0, 0.05) is 17.2 Å². The van der Waals surface area contributed by atoms with E-state index in [2.05, 4.69) is 5.10 Å². The molecule has 1 heterocycles. The Balaban J connectivity index is 2.72. The molecule has 0 aliphatic carbocycles. The highest BCUT2D eigenvalue weighted by Gasteiger charge is 2.31. The molecule has 3 N–H and O–H groups in total. The van der Waals surface area contributed by atoms with Crippen molar-refractivity contribution in [2.45, 2.75) is 12.8 Å². The van der Waals surface area contributed by atoms with Gasteiger partial charge in [0.15, 0.2) is 5.11 Å². The lowest BCUT2D eigenvalue weighted by atomic mass is 9.82. The largest absolute Gasteiger partial charge is 0.374 e. The van der Waals surface area contributed by atoms with Gasteiger partial charge >= 0.3 is 0 Å². The number of aromatic amines is 1. The van der Waals surface area contributed by atoms with E-state index >= 15 is 0 Å². The number of nitrogens with zero attached hydrogens (tertiary/aromatic N) is 3. The second kappa shape index (κ2) is 6.25. The first-order valence-corrected chi connectivity index (χ1v) is 6.87. The Bertz CT molecular complexity index is 824. The predicted octanol–water partition coefficient (Wildman–Crippen LogP) is 1.37. The van der Waals surface area contributed by atoms with Crippen LogP contribution in [0.5, 0.6) is 0 Å². The van der Waals surface area contributed by atoms with Gasteiger partial charge in [-0.15, -0.1) is 0 Å². The Morgan fingerprint density at radius 3 is 2.36 bits per heavy atom. The van der Waals surface area contributed by atoms with Gasteiger partial charge in [0.25, 0.3) is 5.56 Å². The van der Waals surface area contributed by atoms with Crippen molar-refractivity contribution >= 4 is 17.3 Å². The smallest absolute Gasteiger partial charge is 0.277 e. The third-order valence-corrected chi connectivity index (χ3v) is 3.60. The van der Waals surface area contributed by atoms with Gasteiger partial charge in [-0.1, -0.05) is 30.3 Å². The maximum Gasteiger partial charge on any atom is 0.277 e. The molecule has 7 heteroatoms. The van der Waals surface area contributed by atoms with E-state index in [9.17, 15) is 15.3 Å². The van der Waals surface area contributed by atoms with E-state index in [1.54, 1.807) is 31.2 Å². The van der Waals surface area contributed by atoms with Crippen LogP contribution in [0.2, 0.25) is 0 Å². The molecule has 2 aromatic rings. The highest BCUT2D eigenvalue weighted by molar-refractivity contribution is 7.80. The molecule has 1 aromatic heterocycles. The summed E-state index contributed by atoms with van der Waals surface area (Å²) in [5, 5.41) is 21.2. The van der Waals surface area contributed by atoms with Crippen LogP contribution in [0.3, 0.4) is 0 Å². The fraction of sp³-hybridized carbons (Fsp3) is 0.200. The maximum absolute atomic E-state index is 12.5. The molecule has 0 unspecified atom stereocenters. The molecule has 0 saturated carbocycles. The van der Waals surface area contributed by atoms with Gasteiger partial charge in [-0.25, -0.2) is 0 Å². The molecule has 0 bridgehead atoms. The van der Waals surface area contributed by atoms with Crippen LogP contribution in [-0.4, -0.2) is 14.9 Å². The summed E-state index contributed by atoms with van der Waals surface area (Å²) in [4.78, 5) is 12.5. The van der Waals surface area contributed by atoms with E-state index in [0.29, 0.717) is 16.8 Å². The minimum atomic E-state index is -0.996. The standard InChI is InChI=1S/C15H13N5OS/c1-9-12(14(21)20(19-9)15(18)22)13(11(7-16)8-17)10-5-3-2-4-6-10/h2-6,11,13,19H,1H3,(H2,18,22)/t13-/m0/s1. The molecular formula is C15H13N5OS. The Morgan fingerprint density at radius 1 is 1.32 bits per heavy atom. The first kappa shape index (κ1) is 15.5. The minimum Gasteiger partial charge on any atom is -0.374 e. The van der Waals surface area contributed by atoms with Crippen LogP contribution in [-0.2, 0) is 0 Å². The van der Waals surface area contributed by atoms with Gasteiger partial charge < -0.3 is 5.73 Å². The Morgan fingerprint density at radius 2 is 1.91 bits per heavy atom. The zero-order chi connectivity index (χ0) is 16.3. The molecule has 1 atom stereocenters. The summed E-state index contributed by atoms with van der Waals surface area (Å²) in [6.07, 6.45) is 0. The Labute approximate surface area is 132 Å². The number of hydrogen-bond donors (Lipinski definition) is 2. The second-order valence-electron chi connectivity index (χ2n) is 4.75. The molecule has 0 fully saturated rings. The number of thiocarbonyl (C=S) groups is 1. The summed E-state index contributed by atoms with van der Waals surface area (Å²) in [6.45, 7) is 1.69. The van der Waals surface area contributed by atoms with Crippen molar-refractivity contribution in [1.29, 1.82) is 10.5 Å². The zero-order valence-corrected chi connectivity index (χ0v) is 12.6. The number of hydrogen-bond acceptors (Lipinski definition) is 4. The molecule has 22 heavy (non-hydrogen) atoms. The van der Waals surface area contributed by atoms with Gasteiger partial charge in [-0.05, 0) is 24.7 Å². The van der Waals surface area contributed by atoms with Gasteiger partial charge in [0.2, 0.25) is 0 Å². The third kappa shape index (κ3) is 2.62. The topological polar surface area (TPSA) is 111 Å². The molecule has 0 amide bonds. The van der Waals surface area contributed by atoms with Crippen molar-refractivity contribution in [2.75, 3.05) is 0 Å². The zero-order valence-electron chi connectivity index (χ0n) is 11.8. The number of nitriles is 2. The van der Waals surface area contributed by atoms with Gasteiger partial charge in [0.1, 0.15) is 5.92 Å². The number of nitrogens with one attached hydrogen (secondary N) is 1. The lowest BCUT2D eigenvalue weighted by Gasteiger charge is -2.16. The van der Waals surface area contributed by atoms with Gasteiger partial charge in [-0.2, -0.15) is 15.2 Å². The second-order valence-corrected chi connectivity index (χ2v) is 5.17. The number of H-pyrrole nitrogens is 1. The highest BCUT2D eigenvalue weighted by Crippen LogP contribution is 2.31. The van der Waals surface area contributed by atoms with Gasteiger partial charge in [0.05, 0.1) is 12.1 Å². The predicted molar refractivity (Wildman–Crippen MR) is 85.0 cm³/mol. The van der Waals surface area contributed by atoms with Crippen LogP contribution in [0.15, 0.2) is 35.1 Å². The number of nitrogens with two attached hydrogens (primary N) is 1. The lowest BCUT2D eigenvalue weighted by molar-refractivity contribution is 0.700. The molecule has 1 aromatic carbocycles. The monoisotopic (exact) mass is 311 g/mol. The summed E-state index contributed by atoms with van der Waals surface area (Å²) >= 11 is 4.83.